The Labute approximate surface area is 156 Å². The fourth-order valence-corrected chi connectivity index (χ4v) is 3.75. The topological polar surface area (TPSA) is 61.9 Å². The van der Waals surface area contributed by atoms with Crippen LogP contribution >= 0.6 is 0 Å². The van der Waals surface area contributed by atoms with Crippen LogP contribution in [0.2, 0.25) is 0 Å². The summed E-state index contributed by atoms with van der Waals surface area (Å²) < 4.78 is 0. The first-order valence-corrected chi connectivity index (χ1v) is 9.67. The number of carbonyl (C=O) groups excluding carboxylic acids is 1. The summed E-state index contributed by atoms with van der Waals surface area (Å²) in [6.45, 7) is 8.73. The van der Waals surface area contributed by atoms with Crippen molar-refractivity contribution in [2.75, 3.05) is 56.2 Å². The van der Waals surface area contributed by atoms with Crippen LogP contribution in [0.25, 0.3) is 6.08 Å². The molecule has 0 unspecified atom stereocenters. The van der Waals surface area contributed by atoms with Gasteiger partial charge in [-0.1, -0.05) is 13.0 Å². The number of nitrogens with one attached hydrogen (secondary N) is 1. The molecule has 1 aromatic carbocycles. The maximum atomic E-state index is 12.4. The fourth-order valence-electron chi connectivity index (χ4n) is 3.75. The average molecular weight is 357 g/mol. The van der Waals surface area contributed by atoms with Crippen molar-refractivity contribution in [2.45, 2.75) is 26.2 Å². The number of rotatable bonds is 6. The van der Waals surface area contributed by atoms with Gasteiger partial charge >= 0.3 is 0 Å². The molecule has 2 saturated heterocycles. The molecule has 0 radical (unpaired) electrons. The number of hydrogen-bond acceptors (Lipinski definition) is 5. The molecule has 0 spiro atoms. The average Bonchev–Trinajstić information content (AvgIpc) is 3.21. The number of nitrogens with zero attached hydrogens (tertiary/aromatic N) is 3. The van der Waals surface area contributed by atoms with Crippen LogP contribution < -0.4 is 10.4 Å². The van der Waals surface area contributed by atoms with E-state index in [0.29, 0.717) is 5.69 Å². The summed E-state index contributed by atoms with van der Waals surface area (Å²) in [4.78, 5) is 18.9. The van der Waals surface area contributed by atoms with E-state index in [2.05, 4.69) is 22.2 Å². The van der Waals surface area contributed by atoms with Gasteiger partial charge in [0.1, 0.15) is 0 Å². The Bertz CT molecular complexity index is 633. The molecule has 0 bridgehead atoms. The van der Waals surface area contributed by atoms with Gasteiger partial charge in [-0.15, -0.1) is 0 Å². The Hall–Kier alpha value is -2.05. The van der Waals surface area contributed by atoms with Crippen molar-refractivity contribution in [3.8, 4) is 0 Å². The van der Waals surface area contributed by atoms with E-state index in [1.807, 2.05) is 23.1 Å². The highest BCUT2D eigenvalue weighted by Gasteiger charge is 2.19. The van der Waals surface area contributed by atoms with E-state index < -0.39 is 0 Å². The van der Waals surface area contributed by atoms with Gasteiger partial charge in [0.2, 0.25) is 5.91 Å². The number of amides is 1. The zero-order chi connectivity index (χ0) is 18.4. The normalized spacial score (nSPS) is 18.7. The monoisotopic (exact) mass is 357 g/mol. The molecule has 3 rings (SSSR count). The predicted octanol–water partition coefficient (Wildman–Crippen LogP) is 2.76. The summed E-state index contributed by atoms with van der Waals surface area (Å²) in [6, 6.07) is 5.76. The second-order valence-electron chi connectivity index (χ2n) is 7.07. The molecular formula is C20H29N4O2-. The van der Waals surface area contributed by atoms with E-state index >= 15 is 0 Å². The number of anilines is 2. The molecule has 142 valence electrons. The molecule has 2 heterocycles. The fraction of sp³-hybridized carbons (Fsp3) is 0.550. The smallest absolute Gasteiger partial charge is 0.246 e. The molecule has 0 saturated carbocycles. The van der Waals surface area contributed by atoms with E-state index in [1.54, 1.807) is 12.2 Å². The van der Waals surface area contributed by atoms with Crippen molar-refractivity contribution in [1.82, 2.24) is 9.80 Å². The third kappa shape index (κ3) is 4.56. The minimum absolute atomic E-state index is 0.0430. The van der Waals surface area contributed by atoms with Crippen LogP contribution in [0.4, 0.5) is 11.4 Å². The van der Waals surface area contributed by atoms with Crippen LogP contribution in [0.15, 0.2) is 24.3 Å². The Morgan fingerprint density at radius 2 is 1.88 bits per heavy atom. The molecule has 1 aromatic rings. The summed E-state index contributed by atoms with van der Waals surface area (Å²) in [7, 11) is 0. The maximum Gasteiger partial charge on any atom is 0.246 e. The second-order valence-corrected chi connectivity index (χ2v) is 7.07. The minimum Gasteiger partial charge on any atom is -0.761 e. The molecule has 2 aliphatic heterocycles. The van der Waals surface area contributed by atoms with Crippen molar-refractivity contribution in [3.63, 3.8) is 0 Å². The Balaban J connectivity index is 1.60. The summed E-state index contributed by atoms with van der Waals surface area (Å²) in [6.07, 6.45) is 6.90. The Morgan fingerprint density at radius 1 is 1.15 bits per heavy atom. The molecule has 0 aromatic heterocycles. The minimum atomic E-state index is 0.0430. The van der Waals surface area contributed by atoms with Crippen LogP contribution in [0.3, 0.4) is 0 Å². The van der Waals surface area contributed by atoms with E-state index in [4.69, 9.17) is 0 Å². The molecule has 0 aliphatic carbocycles. The zero-order valence-electron chi connectivity index (χ0n) is 15.6. The zero-order valence-corrected chi connectivity index (χ0v) is 15.6. The molecule has 2 fully saturated rings. The van der Waals surface area contributed by atoms with Gasteiger partial charge < -0.3 is 20.5 Å². The van der Waals surface area contributed by atoms with Gasteiger partial charge in [0.25, 0.3) is 0 Å². The van der Waals surface area contributed by atoms with E-state index in [9.17, 15) is 10.0 Å². The lowest BCUT2D eigenvalue weighted by atomic mass is 10.1. The highest BCUT2D eigenvalue weighted by atomic mass is 16.5. The largest absolute Gasteiger partial charge is 0.761 e. The van der Waals surface area contributed by atoms with Gasteiger partial charge in [0, 0.05) is 51.0 Å². The lowest BCUT2D eigenvalue weighted by Crippen LogP contribution is -2.48. The maximum absolute atomic E-state index is 12.4. The van der Waals surface area contributed by atoms with E-state index in [-0.39, 0.29) is 5.91 Å². The first-order valence-electron chi connectivity index (χ1n) is 9.67. The second kappa shape index (κ2) is 9.05. The van der Waals surface area contributed by atoms with Crippen molar-refractivity contribution in [1.29, 1.82) is 0 Å². The number of hydrogen-bond donors (Lipinski definition) is 1. The molecule has 1 N–H and O–H groups in total. The molecule has 0 atom stereocenters. The van der Waals surface area contributed by atoms with E-state index in [1.165, 1.54) is 12.8 Å². The number of benzene rings is 1. The SMILES string of the molecule is CCCN1CCN(C(=O)/C=C/c2ccc(N3CCCC3)c(N[O-])c2)CC1. The predicted molar refractivity (Wildman–Crippen MR) is 107 cm³/mol. The number of piperazine rings is 1. The van der Waals surface area contributed by atoms with Gasteiger partial charge in [-0.25, -0.2) is 0 Å². The Kier molecular flexibility index (Phi) is 6.52. The van der Waals surface area contributed by atoms with Crippen molar-refractivity contribution < 1.29 is 4.79 Å². The van der Waals surface area contributed by atoms with Gasteiger partial charge in [0.15, 0.2) is 0 Å². The third-order valence-electron chi connectivity index (χ3n) is 5.22. The van der Waals surface area contributed by atoms with Crippen molar-refractivity contribution >= 4 is 23.4 Å². The third-order valence-corrected chi connectivity index (χ3v) is 5.22. The summed E-state index contributed by atoms with van der Waals surface area (Å²) in [5.74, 6) is 0.0430. The van der Waals surface area contributed by atoms with Gasteiger partial charge in [-0.2, -0.15) is 0 Å². The first kappa shape index (κ1) is 18.7. The van der Waals surface area contributed by atoms with Crippen LogP contribution in [0.5, 0.6) is 0 Å². The molecule has 26 heavy (non-hydrogen) atoms. The highest BCUT2D eigenvalue weighted by molar-refractivity contribution is 5.92. The lowest BCUT2D eigenvalue weighted by Gasteiger charge is -2.34. The van der Waals surface area contributed by atoms with Crippen LogP contribution in [-0.4, -0.2) is 61.5 Å². The number of carbonyl (C=O) groups is 1. The summed E-state index contributed by atoms with van der Waals surface area (Å²) in [5.41, 5.74) is 4.45. The van der Waals surface area contributed by atoms with Crippen LogP contribution in [-0.2, 0) is 4.79 Å². The quantitative estimate of drug-likeness (QED) is 0.627. The van der Waals surface area contributed by atoms with Gasteiger partial charge in [0.05, 0.1) is 5.69 Å². The first-order chi connectivity index (χ1) is 12.7. The van der Waals surface area contributed by atoms with Gasteiger partial charge in [-0.3, -0.25) is 9.69 Å². The van der Waals surface area contributed by atoms with Crippen LogP contribution in [0.1, 0.15) is 31.7 Å². The van der Waals surface area contributed by atoms with E-state index in [0.717, 1.165) is 63.5 Å². The molecular weight excluding hydrogens is 328 g/mol. The van der Waals surface area contributed by atoms with Gasteiger partial charge in [-0.05, 0) is 49.6 Å². The molecule has 2 aliphatic rings. The lowest BCUT2D eigenvalue weighted by molar-refractivity contribution is -0.127. The molecule has 6 nitrogen and oxygen atoms in total. The highest BCUT2D eigenvalue weighted by Crippen LogP contribution is 2.30. The standard InChI is InChI=1S/C20H29N4O2/c1-2-9-22-12-14-24(15-13-22)20(25)8-6-17-5-7-19(18(16-17)21-26)23-10-3-4-11-23/h5-8,16,21H,2-4,9-15H2,1H3/q-1/b8-6+. The Morgan fingerprint density at radius 3 is 2.54 bits per heavy atom. The summed E-state index contributed by atoms with van der Waals surface area (Å²) in [5, 5.41) is 11.4. The van der Waals surface area contributed by atoms with Crippen LogP contribution in [0, 0.1) is 5.21 Å². The van der Waals surface area contributed by atoms with Crippen molar-refractivity contribution in [3.05, 3.63) is 35.0 Å². The molecule has 1 amide bonds. The summed E-state index contributed by atoms with van der Waals surface area (Å²) >= 11 is 0. The molecule has 6 heteroatoms. The van der Waals surface area contributed by atoms with Crippen molar-refractivity contribution in [2.24, 2.45) is 0 Å².